The third kappa shape index (κ3) is 10.5. The fourth-order valence-electron chi connectivity index (χ4n) is 5.72. The first-order valence-electron chi connectivity index (χ1n) is 15.2. The van der Waals surface area contributed by atoms with E-state index in [4.69, 9.17) is 23.5 Å². The lowest BCUT2D eigenvalue weighted by Crippen LogP contribution is -2.53. The molecule has 16 heteroatoms. The monoisotopic (exact) mass is 695 g/mol. The Morgan fingerprint density at radius 1 is 1.17 bits per heavy atom. The fraction of sp³-hybridized carbons (Fsp3) is 0.548. The number of hydrogen-bond donors (Lipinski definition) is 3. The molecule has 2 heterocycles. The predicted octanol–water partition coefficient (Wildman–Crippen LogP) is 3.59. The van der Waals surface area contributed by atoms with E-state index in [9.17, 15) is 32.8 Å². The van der Waals surface area contributed by atoms with Gasteiger partial charge < -0.3 is 34.1 Å². The minimum atomic E-state index is -5.24. The molecule has 2 fully saturated rings. The van der Waals surface area contributed by atoms with Crippen molar-refractivity contribution in [3.63, 3.8) is 0 Å². The van der Waals surface area contributed by atoms with Crippen LogP contribution in [0, 0.1) is 22.7 Å². The van der Waals surface area contributed by atoms with Crippen molar-refractivity contribution in [2.45, 2.75) is 69.0 Å². The number of phosphoric acid groups is 1. The third-order valence-electron chi connectivity index (χ3n) is 8.17. The number of nitrogens with zero attached hydrogens (tertiary/aromatic N) is 2. The minimum Gasteiger partial charge on any atom is -0.497 e. The van der Waals surface area contributed by atoms with Gasteiger partial charge in [0.05, 0.1) is 43.2 Å². The zero-order chi connectivity index (χ0) is 34.2. The van der Waals surface area contributed by atoms with Crippen molar-refractivity contribution in [1.82, 2.24) is 9.62 Å². The highest BCUT2D eigenvalue weighted by Crippen LogP contribution is 2.40. The summed E-state index contributed by atoms with van der Waals surface area (Å²) in [5, 5.41) is 11.9. The number of rotatable bonds is 16. The smallest absolute Gasteiger partial charge is 0.469 e. The maximum absolute atomic E-state index is 14.2. The first-order valence-corrected chi connectivity index (χ1v) is 18.2. The summed E-state index contributed by atoms with van der Waals surface area (Å²) in [6, 6.07) is 15.4. The number of ether oxygens (including phenoxy) is 4. The molecular weight excluding hydrogens is 653 g/mol. The summed E-state index contributed by atoms with van der Waals surface area (Å²) in [7, 11) is -8.10. The van der Waals surface area contributed by atoms with E-state index < -0.39 is 60.4 Å². The van der Waals surface area contributed by atoms with Gasteiger partial charge >= 0.3 is 13.9 Å². The number of hydrogen-bond acceptors (Lipinski definition) is 10. The number of sulfonamides is 1. The number of alkyl carbamates (subject to hydrolysis) is 1. The molecule has 14 nitrogen and oxygen atoms in total. The van der Waals surface area contributed by atoms with E-state index in [1.807, 2.05) is 0 Å². The van der Waals surface area contributed by atoms with E-state index in [-0.39, 0.29) is 36.8 Å². The van der Waals surface area contributed by atoms with E-state index in [2.05, 4.69) is 11.4 Å². The molecule has 0 aromatic heterocycles. The van der Waals surface area contributed by atoms with E-state index in [1.165, 1.54) is 31.4 Å². The van der Waals surface area contributed by atoms with Gasteiger partial charge in [-0.2, -0.15) is 9.57 Å². The van der Waals surface area contributed by atoms with Crippen LogP contribution in [0.4, 0.5) is 4.79 Å². The highest BCUT2D eigenvalue weighted by Gasteiger charge is 2.45. The third-order valence-corrected chi connectivity index (χ3v) is 10.5. The van der Waals surface area contributed by atoms with Gasteiger partial charge in [0.15, 0.2) is 6.29 Å². The van der Waals surface area contributed by atoms with Gasteiger partial charge in [-0.05, 0) is 54.5 Å². The number of amides is 1. The fourth-order valence-corrected chi connectivity index (χ4v) is 7.93. The Morgan fingerprint density at radius 2 is 1.87 bits per heavy atom. The molecule has 5 atom stereocenters. The molecule has 0 radical (unpaired) electrons. The maximum atomic E-state index is 14.2. The van der Waals surface area contributed by atoms with Crippen molar-refractivity contribution >= 4 is 23.9 Å². The van der Waals surface area contributed by atoms with E-state index in [0.29, 0.717) is 30.8 Å². The van der Waals surface area contributed by atoms with Crippen LogP contribution in [0.1, 0.15) is 38.7 Å². The number of carbonyl (C=O) groups is 1. The van der Waals surface area contributed by atoms with E-state index >= 15 is 0 Å². The molecule has 0 aliphatic carbocycles. The Balaban J connectivity index is 1.69. The molecule has 4 rings (SSSR count). The van der Waals surface area contributed by atoms with Crippen molar-refractivity contribution in [2.75, 3.05) is 33.4 Å². The van der Waals surface area contributed by atoms with Crippen LogP contribution in [0.25, 0.3) is 0 Å². The molecule has 0 unspecified atom stereocenters. The lowest BCUT2D eigenvalue weighted by Gasteiger charge is -2.36. The molecular formula is C31H42N3O11PS. The van der Waals surface area contributed by atoms with Crippen LogP contribution < -0.4 is 10.1 Å². The van der Waals surface area contributed by atoms with Gasteiger partial charge in [0.2, 0.25) is 10.0 Å². The summed E-state index contributed by atoms with van der Waals surface area (Å²) in [5.41, 5.74) is -0.0459. The molecule has 258 valence electrons. The van der Waals surface area contributed by atoms with Gasteiger partial charge in [0.25, 0.3) is 0 Å². The largest absolute Gasteiger partial charge is 0.497 e. The molecule has 2 aromatic carbocycles. The topological polar surface area (TPSA) is 194 Å². The number of phosphoric ester groups is 1. The highest BCUT2D eigenvalue weighted by atomic mass is 32.2. The summed E-state index contributed by atoms with van der Waals surface area (Å²) in [6.07, 6.45) is -2.35. The van der Waals surface area contributed by atoms with Gasteiger partial charge in [-0.25, -0.2) is 17.8 Å². The van der Waals surface area contributed by atoms with Gasteiger partial charge in [0.1, 0.15) is 18.0 Å². The predicted molar refractivity (Wildman–Crippen MR) is 168 cm³/mol. The number of nitrogens with one attached hydrogen (secondary N) is 1. The van der Waals surface area contributed by atoms with Gasteiger partial charge in [0, 0.05) is 19.5 Å². The zero-order valence-electron chi connectivity index (χ0n) is 26.6. The molecule has 1 amide bonds. The van der Waals surface area contributed by atoms with Crippen molar-refractivity contribution in [3.05, 3.63) is 60.2 Å². The van der Waals surface area contributed by atoms with Crippen LogP contribution in [0.3, 0.4) is 0 Å². The number of carbonyl (C=O) groups excluding carboxylic acids is 1. The first-order chi connectivity index (χ1) is 22.2. The maximum Gasteiger partial charge on any atom is 0.469 e. The molecule has 0 saturated carbocycles. The highest BCUT2D eigenvalue weighted by molar-refractivity contribution is 7.89. The summed E-state index contributed by atoms with van der Waals surface area (Å²) in [6.45, 7) is 3.49. The SMILES string of the molecule is COc1ccc(S(=O)(=O)N(C[C@@H](OP(=O)(O)O)[C@H](Cc2ccccc2)NC(=O)O[C@H]2CO[C@H]3OCC[C@H]32)CC(C)(C)CCC#N)cc1. The zero-order valence-corrected chi connectivity index (χ0v) is 28.3. The Bertz CT molecular complexity index is 1530. The van der Waals surface area contributed by atoms with Gasteiger partial charge in [-0.3, -0.25) is 4.52 Å². The van der Waals surface area contributed by atoms with E-state index in [1.54, 1.807) is 44.2 Å². The number of nitriles is 1. The van der Waals surface area contributed by atoms with Crippen LogP contribution in [0.5, 0.6) is 5.75 Å². The summed E-state index contributed by atoms with van der Waals surface area (Å²) < 4.78 is 69.0. The average Bonchev–Trinajstić information content (AvgIpc) is 3.64. The minimum absolute atomic E-state index is 0.0190. The van der Waals surface area contributed by atoms with Crippen molar-refractivity contribution in [1.29, 1.82) is 5.26 Å². The molecule has 3 N–H and O–H groups in total. The number of fused-ring (bicyclic) bond motifs is 1. The van der Waals surface area contributed by atoms with Crippen molar-refractivity contribution < 1.29 is 51.0 Å². The summed E-state index contributed by atoms with van der Waals surface area (Å²) in [5.74, 6) is 0.276. The molecule has 2 aliphatic rings. The molecule has 0 bridgehead atoms. The molecule has 2 aromatic rings. The van der Waals surface area contributed by atoms with Crippen LogP contribution in [-0.4, -0.2) is 86.6 Å². The van der Waals surface area contributed by atoms with Gasteiger partial charge in [-0.1, -0.05) is 44.2 Å². The van der Waals surface area contributed by atoms with Gasteiger partial charge in [-0.15, -0.1) is 0 Å². The Morgan fingerprint density at radius 3 is 2.51 bits per heavy atom. The summed E-state index contributed by atoms with van der Waals surface area (Å²) in [4.78, 5) is 33.2. The lowest BCUT2D eigenvalue weighted by atomic mass is 9.88. The molecule has 2 aliphatic heterocycles. The second-order valence-corrected chi connectivity index (χ2v) is 15.5. The van der Waals surface area contributed by atoms with Crippen LogP contribution >= 0.6 is 7.82 Å². The molecule has 47 heavy (non-hydrogen) atoms. The summed E-state index contributed by atoms with van der Waals surface area (Å²) >= 11 is 0. The number of methoxy groups -OCH3 is 1. The normalized spacial score (nSPS) is 21.1. The molecule has 2 saturated heterocycles. The molecule has 0 spiro atoms. The quantitative estimate of drug-likeness (QED) is 0.217. The van der Waals surface area contributed by atoms with E-state index in [0.717, 1.165) is 4.31 Å². The standard InChI is InChI=1S/C31H42N3O11PS/c1-31(2,15-7-16-32)21-34(47(39,40)24-12-10-23(41-3)11-13-24)19-27(45-46(36,37)38)26(18-22-8-5-4-6-9-22)33-30(35)44-28-20-43-29-25(28)14-17-42-29/h4-6,8-13,25-29H,7,14-15,17-21H2,1-3H3,(H,33,35)(H2,36,37,38)/t25-,26-,27+,28-,29+/m0/s1. The number of benzene rings is 2. The Labute approximate surface area is 275 Å². The van der Waals surface area contributed by atoms with Crippen LogP contribution in [-0.2, 0) is 39.7 Å². The van der Waals surface area contributed by atoms with Crippen molar-refractivity contribution in [3.8, 4) is 11.8 Å². The lowest BCUT2D eigenvalue weighted by molar-refractivity contribution is -0.0907. The first kappa shape index (κ1) is 36.8. The Hall–Kier alpha value is -3.06. The second kappa shape index (κ2) is 15.9. The van der Waals surface area contributed by atoms with Crippen molar-refractivity contribution in [2.24, 2.45) is 11.3 Å². The van der Waals surface area contributed by atoms with Crippen LogP contribution in [0.15, 0.2) is 59.5 Å². The second-order valence-electron chi connectivity index (χ2n) is 12.3. The van der Waals surface area contributed by atoms with Crippen LogP contribution in [0.2, 0.25) is 0 Å². The Kier molecular flexibility index (Phi) is 12.4. The average molecular weight is 696 g/mol.